The smallest absolute Gasteiger partial charge is 0.851 e. The molecule has 6 heavy (non-hydrogen) atoms. The molecule has 0 heterocycles. The van der Waals surface area contributed by atoms with Crippen molar-refractivity contribution in [3.63, 3.8) is 0 Å². The van der Waals surface area contributed by atoms with Crippen molar-refractivity contribution in [3.8, 4) is 0 Å². The molecule has 0 aliphatic heterocycles. The zero-order chi connectivity index (χ0) is 4.28. The molecule has 0 bridgehead atoms. The topological polar surface area (TPSA) is 43.3 Å². The summed E-state index contributed by atoms with van der Waals surface area (Å²) in [6.07, 6.45) is -0.810. The summed E-state index contributed by atoms with van der Waals surface area (Å²) in [5.41, 5.74) is 0. The first-order chi connectivity index (χ1) is 2.27. The Morgan fingerprint density at radius 2 is 2.00 bits per heavy atom. The van der Waals surface area contributed by atoms with Crippen LogP contribution in [0.4, 0.5) is 0 Å². The Morgan fingerprint density at radius 1 is 1.83 bits per heavy atom. The van der Waals surface area contributed by atoms with E-state index >= 15 is 0 Å². The van der Waals surface area contributed by atoms with Gasteiger partial charge >= 0.3 is 51.4 Å². The largest absolute Gasteiger partial charge is 1.00 e. The zero-order valence-electron chi connectivity index (χ0n) is 4.14. The Labute approximate surface area is 80.0 Å². The maximum Gasteiger partial charge on any atom is 1.00 e. The molecular formula is C3H7KO2. The van der Waals surface area contributed by atoms with E-state index in [0.29, 0.717) is 0 Å². The monoisotopic (exact) mass is 114 g/mol. The van der Waals surface area contributed by atoms with Gasteiger partial charge in [0.05, 0.1) is 0 Å². The second-order valence-corrected chi connectivity index (χ2v) is 0.993. The summed E-state index contributed by atoms with van der Waals surface area (Å²) in [4.78, 5) is 0. The summed E-state index contributed by atoms with van der Waals surface area (Å²) >= 11 is 0. The van der Waals surface area contributed by atoms with Gasteiger partial charge in [-0.05, 0) is 0 Å². The van der Waals surface area contributed by atoms with Gasteiger partial charge in [0.25, 0.3) is 0 Å². The molecular weight excluding hydrogens is 107 g/mol. The van der Waals surface area contributed by atoms with E-state index in [1.54, 1.807) is 0 Å². The van der Waals surface area contributed by atoms with Crippen LogP contribution in [0.5, 0.6) is 0 Å². The number of aliphatic hydroxyl groups excluding tert-OH is 1. The van der Waals surface area contributed by atoms with Crippen molar-refractivity contribution in [2.45, 2.75) is 13.0 Å². The minimum absolute atomic E-state index is 0. The van der Waals surface area contributed by atoms with Gasteiger partial charge in [0, 0.05) is 6.61 Å². The van der Waals surface area contributed by atoms with E-state index in [-0.39, 0.29) is 58.0 Å². The van der Waals surface area contributed by atoms with Gasteiger partial charge in [0.2, 0.25) is 0 Å². The molecule has 0 aliphatic carbocycles. The van der Waals surface area contributed by atoms with Gasteiger partial charge in [0.1, 0.15) is 0 Å². The summed E-state index contributed by atoms with van der Waals surface area (Å²) in [7, 11) is 0. The quantitative estimate of drug-likeness (QED) is 0.351. The predicted molar refractivity (Wildman–Crippen MR) is 16.5 cm³/mol. The molecule has 0 fully saturated rings. The Hall–Kier alpha value is 1.56. The van der Waals surface area contributed by atoms with Crippen molar-refractivity contribution in [1.29, 1.82) is 0 Å². The van der Waals surface area contributed by atoms with Crippen LogP contribution in [0, 0.1) is 0 Å². The molecule has 0 aromatic heterocycles. The molecule has 1 N–H and O–H groups in total. The van der Waals surface area contributed by atoms with E-state index in [1.165, 1.54) is 6.92 Å². The maximum absolute atomic E-state index is 9.65. The van der Waals surface area contributed by atoms with Gasteiger partial charge in [-0.15, -0.1) is 6.10 Å². The summed E-state index contributed by atoms with van der Waals surface area (Å²) in [6, 6.07) is 0. The summed E-state index contributed by atoms with van der Waals surface area (Å²) < 4.78 is 0. The SMILES string of the molecule is CC([O-])CO.[K+]. The first-order valence-corrected chi connectivity index (χ1v) is 1.54. The molecule has 0 saturated carbocycles. The molecule has 1 atom stereocenters. The van der Waals surface area contributed by atoms with Crippen LogP contribution in [0.25, 0.3) is 0 Å². The van der Waals surface area contributed by atoms with Gasteiger partial charge in [-0.2, -0.15) is 0 Å². The average Bonchev–Trinajstić information content (AvgIpc) is 1.38. The third-order valence-electron chi connectivity index (χ3n) is 0.257. The van der Waals surface area contributed by atoms with Crippen LogP contribution in [0.3, 0.4) is 0 Å². The predicted octanol–water partition coefficient (Wildman–Crippen LogP) is -4.27. The zero-order valence-corrected chi connectivity index (χ0v) is 7.26. The molecule has 0 aliphatic rings. The Morgan fingerprint density at radius 3 is 2.00 bits per heavy atom. The Balaban J connectivity index is 0. The fraction of sp³-hybridized carbons (Fsp3) is 1.00. The molecule has 0 aromatic rings. The number of hydrogen-bond acceptors (Lipinski definition) is 2. The molecule has 0 spiro atoms. The van der Waals surface area contributed by atoms with Crippen LogP contribution in [0.2, 0.25) is 0 Å². The second kappa shape index (κ2) is 6.56. The van der Waals surface area contributed by atoms with Crippen molar-refractivity contribution < 1.29 is 61.6 Å². The maximum atomic E-state index is 9.65. The van der Waals surface area contributed by atoms with E-state index < -0.39 is 6.10 Å². The van der Waals surface area contributed by atoms with Crippen LogP contribution in [-0.2, 0) is 0 Å². The summed E-state index contributed by atoms with van der Waals surface area (Å²) in [5, 5.41) is 17.5. The minimum atomic E-state index is -0.810. The molecule has 0 aromatic carbocycles. The number of hydrogen-bond donors (Lipinski definition) is 1. The van der Waals surface area contributed by atoms with Crippen molar-refractivity contribution >= 4 is 0 Å². The third-order valence-corrected chi connectivity index (χ3v) is 0.257. The molecule has 0 rings (SSSR count). The summed E-state index contributed by atoms with van der Waals surface area (Å²) in [6.45, 7) is 1.17. The van der Waals surface area contributed by atoms with Crippen molar-refractivity contribution in [3.05, 3.63) is 0 Å². The second-order valence-electron chi connectivity index (χ2n) is 0.993. The van der Waals surface area contributed by atoms with Crippen molar-refractivity contribution in [1.82, 2.24) is 0 Å². The van der Waals surface area contributed by atoms with Crippen molar-refractivity contribution in [2.75, 3.05) is 6.61 Å². The standard InChI is InChI=1S/C3H7O2.K/c1-3(5)2-4;/h3-4H,2H2,1H3;/q-1;+1. The first-order valence-electron chi connectivity index (χ1n) is 1.54. The average molecular weight is 114 g/mol. The van der Waals surface area contributed by atoms with Gasteiger partial charge < -0.3 is 10.2 Å². The van der Waals surface area contributed by atoms with Crippen molar-refractivity contribution in [2.24, 2.45) is 0 Å². The number of aliphatic hydroxyl groups is 1. The number of rotatable bonds is 1. The molecule has 0 amide bonds. The van der Waals surface area contributed by atoms with Gasteiger partial charge in [-0.3, -0.25) is 0 Å². The van der Waals surface area contributed by atoms with E-state index in [1.807, 2.05) is 0 Å². The van der Waals surface area contributed by atoms with E-state index in [0.717, 1.165) is 0 Å². The molecule has 3 heteroatoms. The van der Waals surface area contributed by atoms with Gasteiger partial charge in [-0.25, -0.2) is 0 Å². The fourth-order valence-corrected chi connectivity index (χ4v) is 0. The molecule has 0 radical (unpaired) electrons. The molecule has 1 unspecified atom stereocenters. The normalized spacial score (nSPS) is 12.5. The molecule has 2 nitrogen and oxygen atoms in total. The van der Waals surface area contributed by atoms with E-state index in [4.69, 9.17) is 5.11 Å². The van der Waals surface area contributed by atoms with Crippen LogP contribution in [-0.4, -0.2) is 17.8 Å². The Kier molecular flexibility index (Phi) is 11.5. The summed E-state index contributed by atoms with van der Waals surface area (Å²) in [5.74, 6) is 0. The van der Waals surface area contributed by atoms with Crippen LogP contribution < -0.4 is 56.5 Å². The van der Waals surface area contributed by atoms with E-state index in [9.17, 15) is 5.11 Å². The minimum Gasteiger partial charge on any atom is -0.851 e. The van der Waals surface area contributed by atoms with Crippen LogP contribution >= 0.6 is 0 Å². The van der Waals surface area contributed by atoms with Gasteiger partial charge in [-0.1, -0.05) is 6.92 Å². The molecule has 0 saturated heterocycles. The van der Waals surface area contributed by atoms with E-state index in [2.05, 4.69) is 0 Å². The van der Waals surface area contributed by atoms with Crippen LogP contribution in [0.1, 0.15) is 6.92 Å². The Bertz CT molecular complexity index is 22.8. The molecule has 32 valence electrons. The first kappa shape index (κ1) is 10.5. The van der Waals surface area contributed by atoms with Crippen LogP contribution in [0.15, 0.2) is 0 Å². The third kappa shape index (κ3) is 9.12. The fourth-order valence-electron chi connectivity index (χ4n) is 0. The van der Waals surface area contributed by atoms with Gasteiger partial charge in [0.15, 0.2) is 0 Å².